The van der Waals surface area contributed by atoms with E-state index in [-0.39, 0.29) is 5.91 Å². The Labute approximate surface area is 135 Å². The standard InChI is InChI=1S/C15H12BrNOS2/c16-12-6-8-13(9-7-12)19-11-10-15(18)17-20-14-4-2-1-3-5-14/h1-11H,(H,17,18)/b11-10+. The number of amides is 1. The van der Waals surface area contributed by atoms with Gasteiger partial charge in [0.2, 0.25) is 0 Å². The van der Waals surface area contributed by atoms with Crippen molar-refractivity contribution in [1.82, 2.24) is 4.72 Å². The van der Waals surface area contributed by atoms with Gasteiger partial charge in [-0.15, -0.1) is 0 Å². The van der Waals surface area contributed by atoms with Crippen molar-refractivity contribution >= 4 is 45.5 Å². The fourth-order valence-electron chi connectivity index (χ4n) is 1.32. The maximum Gasteiger partial charge on any atom is 0.254 e. The lowest BCUT2D eigenvalue weighted by atomic mass is 10.4. The predicted octanol–water partition coefficient (Wildman–Crippen LogP) is 4.88. The Hall–Kier alpha value is -1.17. The molecule has 20 heavy (non-hydrogen) atoms. The fourth-order valence-corrected chi connectivity index (χ4v) is 2.81. The van der Waals surface area contributed by atoms with E-state index in [1.807, 2.05) is 54.6 Å². The lowest BCUT2D eigenvalue weighted by Crippen LogP contribution is -2.11. The van der Waals surface area contributed by atoms with Crippen LogP contribution >= 0.6 is 39.6 Å². The molecule has 0 spiro atoms. The van der Waals surface area contributed by atoms with Gasteiger partial charge < -0.3 is 0 Å². The minimum atomic E-state index is -0.122. The summed E-state index contributed by atoms with van der Waals surface area (Å²) in [7, 11) is 0. The van der Waals surface area contributed by atoms with Crippen LogP contribution in [0.5, 0.6) is 0 Å². The highest BCUT2D eigenvalue weighted by Crippen LogP contribution is 2.21. The van der Waals surface area contributed by atoms with Gasteiger partial charge in [0.25, 0.3) is 5.91 Å². The van der Waals surface area contributed by atoms with E-state index in [0.29, 0.717) is 0 Å². The lowest BCUT2D eigenvalue weighted by Gasteiger charge is -2.00. The van der Waals surface area contributed by atoms with Gasteiger partial charge in [0.15, 0.2) is 0 Å². The van der Waals surface area contributed by atoms with Crippen LogP contribution in [-0.2, 0) is 4.79 Å². The molecule has 1 N–H and O–H groups in total. The molecule has 5 heteroatoms. The zero-order valence-electron chi connectivity index (χ0n) is 10.5. The number of rotatable bonds is 5. The summed E-state index contributed by atoms with van der Waals surface area (Å²) in [6.07, 6.45) is 1.53. The zero-order chi connectivity index (χ0) is 14.2. The average molecular weight is 366 g/mol. The zero-order valence-corrected chi connectivity index (χ0v) is 13.7. The molecular weight excluding hydrogens is 354 g/mol. The van der Waals surface area contributed by atoms with Crippen molar-refractivity contribution in [2.75, 3.05) is 0 Å². The molecule has 0 unspecified atom stereocenters. The number of hydrogen-bond donors (Lipinski definition) is 1. The van der Waals surface area contributed by atoms with Gasteiger partial charge >= 0.3 is 0 Å². The van der Waals surface area contributed by atoms with Crippen LogP contribution in [0, 0.1) is 0 Å². The minimum absolute atomic E-state index is 0.122. The van der Waals surface area contributed by atoms with Gasteiger partial charge in [-0.2, -0.15) is 0 Å². The Bertz CT molecular complexity index is 585. The highest BCUT2D eigenvalue weighted by atomic mass is 79.9. The van der Waals surface area contributed by atoms with Crippen molar-refractivity contribution in [3.05, 3.63) is 70.6 Å². The molecule has 0 fully saturated rings. The second kappa shape index (κ2) is 8.19. The topological polar surface area (TPSA) is 29.1 Å². The van der Waals surface area contributed by atoms with Crippen LogP contribution in [0.1, 0.15) is 0 Å². The monoisotopic (exact) mass is 365 g/mol. The molecule has 0 atom stereocenters. The summed E-state index contributed by atoms with van der Waals surface area (Å²) in [4.78, 5) is 13.7. The molecular formula is C15H12BrNOS2. The van der Waals surface area contributed by atoms with E-state index in [9.17, 15) is 4.79 Å². The van der Waals surface area contributed by atoms with Crippen LogP contribution < -0.4 is 4.72 Å². The number of halogens is 1. The van der Waals surface area contributed by atoms with E-state index >= 15 is 0 Å². The van der Waals surface area contributed by atoms with Crippen molar-refractivity contribution in [3.63, 3.8) is 0 Å². The molecule has 0 aliphatic rings. The summed E-state index contributed by atoms with van der Waals surface area (Å²) in [6, 6.07) is 17.7. The quantitative estimate of drug-likeness (QED) is 0.465. The third-order valence-corrected chi connectivity index (χ3v) is 4.41. The van der Waals surface area contributed by atoms with Crippen LogP contribution in [0.15, 0.2) is 80.3 Å². The molecule has 2 rings (SSSR count). The smallest absolute Gasteiger partial charge is 0.254 e. The van der Waals surface area contributed by atoms with Crippen molar-refractivity contribution in [3.8, 4) is 0 Å². The number of carbonyl (C=O) groups excluding carboxylic acids is 1. The molecule has 0 radical (unpaired) electrons. The van der Waals surface area contributed by atoms with Gasteiger partial charge in [-0.3, -0.25) is 9.52 Å². The van der Waals surface area contributed by atoms with Crippen LogP contribution in [0.4, 0.5) is 0 Å². The molecule has 2 nitrogen and oxygen atoms in total. The number of benzene rings is 2. The molecule has 102 valence electrons. The summed E-state index contributed by atoms with van der Waals surface area (Å²) in [5, 5.41) is 1.78. The van der Waals surface area contributed by atoms with Crippen molar-refractivity contribution in [2.45, 2.75) is 9.79 Å². The number of carbonyl (C=O) groups is 1. The van der Waals surface area contributed by atoms with Crippen molar-refractivity contribution in [1.29, 1.82) is 0 Å². The highest BCUT2D eigenvalue weighted by molar-refractivity contribution is 9.10. The summed E-state index contributed by atoms with van der Waals surface area (Å²) in [5.41, 5.74) is 0. The number of thioether (sulfide) groups is 1. The average Bonchev–Trinajstić information content (AvgIpc) is 2.48. The minimum Gasteiger partial charge on any atom is -0.292 e. The molecule has 0 aromatic heterocycles. The molecule has 2 aromatic carbocycles. The van der Waals surface area contributed by atoms with Crippen LogP contribution in [0.2, 0.25) is 0 Å². The van der Waals surface area contributed by atoms with Gasteiger partial charge in [-0.1, -0.05) is 45.9 Å². The first-order valence-corrected chi connectivity index (χ1v) is 8.33. The molecule has 1 amide bonds. The van der Waals surface area contributed by atoms with E-state index in [0.717, 1.165) is 14.3 Å². The van der Waals surface area contributed by atoms with Gasteiger partial charge in [0.1, 0.15) is 0 Å². The molecule has 0 heterocycles. The Morgan fingerprint density at radius 1 is 1.00 bits per heavy atom. The molecule has 0 bridgehead atoms. The highest BCUT2D eigenvalue weighted by Gasteiger charge is 1.97. The van der Waals surface area contributed by atoms with Crippen LogP contribution in [0.25, 0.3) is 0 Å². The van der Waals surface area contributed by atoms with Crippen LogP contribution in [-0.4, -0.2) is 5.91 Å². The normalized spacial score (nSPS) is 10.7. The van der Waals surface area contributed by atoms with Gasteiger partial charge in [0.05, 0.1) is 0 Å². The van der Waals surface area contributed by atoms with E-state index in [4.69, 9.17) is 0 Å². The lowest BCUT2D eigenvalue weighted by molar-refractivity contribution is -0.114. The molecule has 0 saturated heterocycles. The maximum absolute atomic E-state index is 11.6. The Balaban J connectivity index is 1.76. The van der Waals surface area contributed by atoms with E-state index in [1.165, 1.54) is 29.8 Å². The van der Waals surface area contributed by atoms with Gasteiger partial charge in [-0.25, -0.2) is 0 Å². The van der Waals surface area contributed by atoms with Crippen molar-refractivity contribution < 1.29 is 4.79 Å². The molecule has 0 saturated carbocycles. The number of hydrogen-bond acceptors (Lipinski definition) is 3. The van der Waals surface area contributed by atoms with E-state index in [2.05, 4.69) is 20.7 Å². The SMILES string of the molecule is O=C(/C=C/Sc1ccc(Br)cc1)NSc1ccccc1. The van der Waals surface area contributed by atoms with E-state index in [1.54, 1.807) is 5.41 Å². The van der Waals surface area contributed by atoms with Crippen LogP contribution in [0.3, 0.4) is 0 Å². The van der Waals surface area contributed by atoms with Gasteiger partial charge in [0, 0.05) is 20.3 Å². The first kappa shape index (κ1) is 15.2. The molecule has 0 aliphatic heterocycles. The Kier molecular flexibility index (Phi) is 6.24. The predicted molar refractivity (Wildman–Crippen MR) is 89.6 cm³/mol. The Morgan fingerprint density at radius 2 is 1.70 bits per heavy atom. The largest absolute Gasteiger partial charge is 0.292 e. The summed E-state index contributed by atoms with van der Waals surface area (Å²) >= 11 is 6.20. The number of nitrogens with one attached hydrogen (secondary N) is 1. The summed E-state index contributed by atoms with van der Waals surface area (Å²) in [6.45, 7) is 0. The third kappa shape index (κ3) is 5.45. The first-order chi connectivity index (χ1) is 9.74. The van der Waals surface area contributed by atoms with E-state index < -0.39 is 0 Å². The Morgan fingerprint density at radius 3 is 2.40 bits per heavy atom. The molecule has 0 aliphatic carbocycles. The third-order valence-electron chi connectivity index (χ3n) is 2.25. The van der Waals surface area contributed by atoms with Crippen molar-refractivity contribution in [2.24, 2.45) is 0 Å². The van der Waals surface area contributed by atoms with Gasteiger partial charge in [-0.05, 0) is 53.8 Å². The summed E-state index contributed by atoms with van der Waals surface area (Å²) < 4.78 is 3.81. The second-order valence-corrected chi connectivity index (χ2v) is 6.53. The summed E-state index contributed by atoms with van der Waals surface area (Å²) in [5.74, 6) is -0.122. The first-order valence-electron chi connectivity index (χ1n) is 5.85. The fraction of sp³-hybridized carbons (Fsp3) is 0. The molecule has 2 aromatic rings. The maximum atomic E-state index is 11.6. The second-order valence-electron chi connectivity index (χ2n) is 3.76.